The number of rotatable bonds is 5. The summed E-state index contributed by atoms with van der Waals surface area (Å²) in [6.45, 7) is 0. The van der Waals surface area contributed by atoms with E-state index in [9.17, 15) is 14.7 Å². The number of benzene rings is 1. The molecule has 0 fully saturated rings. The molecule has 1 aromatic rings. The Bertz CT molecular complexity index is 445. The molecule has 92 valence electrons. The Morgan fingerprint density at radius 1 is 1.35 bits per heavy atom. The van der Waals surface area contributed by atoms with E-state index in [1.54, 1.807) is 0 Å². The van der Waals surface area contributed by atoms with Crippen molar-refractivity contribution in [2.24, 2.45) is 0 Å². The number of ketones is 1. The number of Topliss-reactive ketones (excluding diaryl/α,β-unsaturated/α-hetero) is 1. The highest BCUT2D eigenvalue weighted by Crippen LogP contribution is 2.24. The molecule has 1 aromatic carbocycles. The molecule has 0 amide bonds. The molecule has 0 aromatic heterocycles. The van der Waals surface area contributed by atoms with Crippen molar-refractivity contribution in [3.8, 4) is 0 Å². The number of hydrogen-bond acceptors (Lipinski definition) is 3. The fourth-order valence-electron chi connectivity index (χ4n) is 1.37. The summed E-state index contributed by atoms with van der Waals surface area (Å²) in [5.41, 5.74) is 0.116. The summed E-state index contributed by atoms with van der Waals surface area (Å²) < 4.78 is 0. The van der Waals surface area contributed by atoms with Gasteiger partial charge in [0.25, 0.3) is 0 Å². The Hall–Kier alpha value is -1.10. The van der Waals surface area contributed by atoms with E-state index in [2.05, 4.69) is 0 Å². The van der Waals surface area contributed by atoms with E-state index in [1.165, 1.54) is 18.2 Å². The number of aliphatic carboxylic acids is 1. The van der Waals surface area contributed by atoms with Crippen LogP contribution in [0.3, 0.4) is 0 Å². The third-order valence-electron chi connectivity index (χ3n) is 2.16. The van der Waals surface area contributed by atoms with Gasteiger partial charge >= 0.3 is 5.97 Å². The standard InChI is InChI=1S/C11H10Cl2O4/c12-4-3-9(14)7-2-1-6(13)5-8(7)10(15)11(16)17/h1-2,5,10,15H,3-4H2,(H,16,17). The predicted octanol–water partition coefficient (Wildman–Crippen LogP) is 2.27. The van der Waals surface area contributed by atoms with Crippen molar-refractivity contribution in [3.05, 3.63) is 34.3 Å². The van der Waals surface area contributed by atoms with Gasteiger partial charge in [-0.3, -0.25) is 4.79 Å². The van der Waals surface area contributed by atoms with Gasteiger partial charge in [-0.25, -0.2) is 4.79 Å². The molecule has 1 atom stereocenters. The maximum atomic E-state index is 11.7. The fourth-order valence-corrected chi connectivity index (χ4v) is 1.72. The largest absolute Gasteiger partial charge is 0.479 e. The molecule has 0 spiro atoms. The molecule has 1 rings (SSSR count). The lowest BCUT2D eigenvalue weighted by molar-refractivity contribution is -0.146. The second kappa shape index (κ2) is 6.00. The van der Waals surface area contributed by atoms with Gasteiger partial charge in [0.2, 0.25) is 0 Å². The van der Waals surface area contributed by atoms with Crippen molar-refractivity contribution in [1.29, 1.82) is 0 Å². The molecular weight excluding hydrogens is 267 g/mol. The number of carbonyl (C=O) groups is 2. The van der Waals surface area contributed by atoms with E-state index in [1.807, 2.05) is 0 Å². The molecule has 0 heterocycles. The minimum absolute atomic E-state index is 0.0138. The van der Waals surface area contributed by atoms with Gasteiger partial charge in [0.1, 0.15) is 0 Å². The van der Waals surface area contributed by atoms with Crippen LogP contribution in [0.5, 0.6) is 0 Å². The predicted molar refractivity (Wildman–Crippen MR) is 63.7 cm³/mol. The van der Waals surface area contributed by atoms with Crippen LogP contribution in [0.1, 0.15) is 28.4 Å². The number of hydrogen-bond donors (Lipinski definition) is 2. The topological polar surface area (TPSA) is 74.6 Å². The van der Waals surface area contributed by atoms with Crippen molar-refractivity contribution in [2.45, 2.75) is 12.5 Å². The summed E-state index contributed by atoms with van der Waals surface area (Å²) in [7, 11) is 0. The Morgan fingerprint density at radius 3 is 2.53 bits per heavy atom. The molecule has 0 saturated carbocycles. The Kier molecular flexibility index (Phi) is 4.93. The van der Waals surface area contributed by atoms with Gasteiger partial charge in [-0.1, -0.05) is 11.6 Å². The summed E-state index contributed by atoms with van der Waals surface area (Å²) in [6, 6.07) is 4.11. The third-order valence-corrected chi connectivity index (χ3v) is 2.59. The molecule has 0 aliphatic rings. The number of carboxylic acid groups (broad SMARTS) is 1. The number of carboxylic acids is 1. The summed E-state index contributed by atoms with van der Waals surface area (Å²) in [6.07, 6.45) is -1.70. The van der Waals surface area contributed by atoms with Gasteiger partial charge in [-0.15, -0.1) is 11.6 Å². The van der Waals surface area contributed by atoms with Crippen molar-refractivity contribution in [2.75, 3.05) is 5.88 Å². The van der Waals surface area contributed by atoms with Gasteiger partial charge in [0.15, 0.2) is 11.9 Å². The van der Waals surface area contributed by atoms with Crippen LogP contribution in [-0.2, 0) is 4.79 Å². The summed E-state index contributed by atoms with van der Waals surface area (Å²) in [4.78, 5) is 22.4. The Morgan fingerprint density at radius 2 is 2.00 bits per heavy atom. The zero-order chi connectivity index (χ0) is 13.0. The van der Waals surface area contributed by atoms with E-state index >= 15 is 0 Å². The lowest BCUT2D eigenvalue weighted by atomic mass is 9.98. The van der Waals surface area contributed by atoms with Crippen LogP contribution in [0.15, 0.2) is 18.2 Å². The molecule has 1 unspecified atom stereocenters. The molecule has 2 N–H and O–H groups in total. The Labute approximate surface area is 108 Å². The van der Waals surface area contributed by atoms with Crippen LogP contribution in [0.2, 0.25) is 5.02 Å². The van der Waals surface area contributed by atoms with Crippen molar-refractivity contribution in [3.63, 3.8) is 0 Å². The zero-order valence-corrected chi connectivity index (χ0v) is 10.2. The maximum absolute atomic E-state index is 11.7. The van der Waals surface area contributed by atoms with Gasteiger partial charge in [-0.05, 0) is 18.2 Å². The summed E-state index contributed by atoms with van der Waals surface area (Å²) in [5.74, 6) is -1.64. The summed E-state index contributed by atoms with van der Waals surface area (Å²) >= 11 is 11.2. The average Bonchev–Trinajstić information content (AvgIpc) is 2.28. The van der Waals surface area contributed by atoms with Crippen molar-refractivity contribution < 1.29 is 19.8 Å². The van der Waals surface area contributed by atoms with Gasteiger partial charge in [-0.2, -0.15) is 0 Å². The second-order valence-electron chi connectivity index (χ2n) is 3.33. The molecule has 0 saturated heterocycles. The minimum Gasteiger partial charge on any atom is -0.479 e. The highest BCUT2D eigenvalue weighted by Gasteiger charge is 2.22. The first-order chi connectivity index (χ1) is 7.97. The van der Waals surface area contributed by atoms with Crippen LogP contribution in [-0.4, -0.2) is 27.8 Å². The van der Waals surface area contributed by atoms with E-state index in [-0.39, 0.29) is 34.2 Å². The number of carbonyl (C=O) groups excluding carboxylic acids is 1. The molecule has 0 aliphatic carbocycles. The first-order valence-corrected chi connectivity index (χ1v) is 5.68. The number of alkyl halides is 1. The highest BCUT2D eigenvalue weighted by molar-refractivity contribution is 6.30. The van der Waals surface area contributed by atoms with Gasteiger partial charge in [0.05, 0.1) is 0 Å². The first-order valence-electron chi connectivity index (χ1n) is 4.77. The monoisotopic (exact) mass is 276 g/mol. The van der Waals surface area contributed by atoms with E-state index in [0.717, 1.165) is 0 Å². The van der Waals surface area contributed by atoms with E-state index in [0.29, 0.717) is 0 Å². The van der Waals surface area contributed by atoms with E-state index in [4.69, 9.17) is 28.3 Å². The fraction of sp³-hybridized carbons (Fsp3) is 0.273. The maximum Gasteiger partial charge on any atom is 0.337 e. The lowest BCUT2D eigenvalue weighted by Gasteiger charge is -2.11. The first kappa shape index (κ1) is 14.0. The number of aliphatic hydroxyl groups is 1. The van der Waals surface area contributed by atoms with Crippen molar-refractivity contribution in [1.82, 2.24) is 0 Å². The number of aliphatic hydroxyl groups excluding tert-OH is 1. The second-order valence-corrected chi connectivity index (χ2v) is 4.15. The number of halogens is 2. The molecule has 17 heavy (non-hydrogen) atoms. The smallest absolute Gasteiger partial charge is 0.337 e. The van der Waals surface area contributed by atoms with Crippen LogP contribution in [0.4, 0.5) is 0 Å². The van der Waals surface area contributed by atoms with Gasteiger partial charge < -0.3 is 10.2 Å². The van der Waals surface area contributed by atoms with Crippen LogP contribution >= 0.6 is 23.2 Å². The minimum atomic E-state index is -1.78. The molecule has 6 heteroatoms. The molecule has 0 radical (unpaired) electrons. The van der Waals surface area contributed by atoms with Crippen molar-refractivity contribution >= 4 is 35.0 Å². The zero-order valence-electron chi connectivity index (χ0n) is 8.69. The molecular formula is C11H10Cl2O4. The molecule has 0 aliphatic heterocycles. The van der Waals surface area contributed by atoms with Crippen LogP contribution < -0.4 is 0 Å². The lowest BCUT2D eigenvalue weighted by Crippen LogP contribution is -2.15. The molecule has 0 bridgehead atoms. The van der Waals surface area contributed by atoms with Gasteiger partial charge in [0, 0.05) is 28.5 Å². The third kappa shape index (κ3) is 3.43. The summed E-state index contributed by atoms with van der Waals surface area (Å²) in [5, 5.41) is 18.5. The normalized spacial score (nSPS) is 12.2. The van der Waals surface area contributed by atoms with Crippen LogP contribution in [0, 0.1) is 0 Å². The highest BCUT2D eigenvalue weighted by atomic mass is 35.5. The quantitative estimate of drug-likeness (QED) is 0.639. The SMILES string of the molecule is O=C(CCCl)c1ccc(Cl)cc1C(O)C(=O)O. The average molecular weight is 277 g/mol. The van der Waals surface area contributed by atoms with E-state index < -0.39 is 12.1 Å². The molecule has 4 nitrogen and oxygen atoms in total. The Balaban J connectivity index is 3.21. The van der Waals surface area contributed by atoms with Crippen LogP contribution in [0.25, 0.3) is 0 Å².